The molecule has 2 atom stereocenters. The quantitative estimate of drug-likeness (QED) is 0.890. The standard InChI is InChI=1S/C14H18N2OS/c1-14(2,3)18(17)16-13-8-7-11-10(9-15)5-4-6-12(11)13/h4-6,13,16H,7-8H2,1-3H3/t13-,18?/m0/s1. The summed E-state index contributed by atoms with van der Waals surface area (Å²) in [6.07, 6.45) is 1.80. The second-order valence-corrected chi connectivity index (χ2v) is 7.57. The minimum absolute atomic E-state index is 0.105. The lowest BCUT2D eigenvalue weighted by Crippen LogP contribution is -2.35. The first-order chi connectivity index (χ1) is 8.43. The van der Waals surface area contributed by atoms with Crippen molar-refractivity contribution < 1.29 is 4.21 Å². The molecule has 0 heterocycles. The summed E-state index contributed by atoms with van der Waals surface area (Å²) in [4.78, 5) is 0. The zero-order chi connectivity index (χ0) is 13.3. The molecule has 0 radical (unpaired) electrons. The number of fused-ring (bicyclic) bond motifs is 1. The predicted octanol–water partition coefficient (Wildman–Crippen LogP) is 2.60. The van der Waals surface area contributed by atoms with Gasteiger partial charge in [0.2, 0.25) is 0 Å². The number of rotatable bonds is 2. The van der Waals surface area contributed by atoms with E-state index in [2.05, 4.69) is 10.8 Å². The van der Waals surface area contributed by atoms with Crippen LogP contribution < -0.4 is 4.72 Å². The molecule has 1 aliphatic rings. The lowest BCUT2D eigenvalue weighted by Gasteiger charge is -2.22. The molecule has 4 heteroatoms. The lowest BCUT2D eigenvalue weighted by molar-refractivity contribution is 0.596. The highest BCUT2D eigenvalue weighted by atomic mass is 32.2. The molecule has 2 rings (SSSR count). The molecule has 1 aromatic carbocycles. The van der Waals surface area contributed by atoms with E-state index in [-0.39, 0.29) is 10.8 Å². The first-order valence-electron chi connectivity index (χ1n) is 6.13. The number of nitriles is 1. The van der Waals surface area contributed by atoms with Crippen molar-refractivity contribution in [3.8, 4) is 6.07 Å². The van der Waals surface area contributed by atoms with Gasteiger partial charge in [0.25, 0.3) is 0 Å². The van der Waals surface area contributed by atoms with Gasteiger partial charge in [0.05, 0.1) is 27.4 Å². The molecule has 1 aromatic rings. The van der Waals surface area contributed by atoms with E-state index >= 15 is 0 Å². The summed E-state index contributed by atoms with van der Waals surface area (Å²) in [5.74, 6) is 0. The zero-order valence-electron chi connectivity index (χ0n) is 11.0. The molecule has 18 heavy (non-hydrogen) atoms. The van der Waals surface area contributed by atoms with Gasteiger partial charge in [-0.15, -0.1) is 0 Å². The molecule has 0 aliphatic heterocycles. The highest BCUT2D eigenvalue weighted by Gasteiger charge is 2.29. The van der Waals surface area contributed by atoms with Crippen LogP contribution in [-0.4, -0.2) is 8.96 Å². The van der Waals surface area contributed by atoms with Gasteiger partial charge in [-0.2, -0.15) is 5.26 Å². The molecular weight excluding hydrogens is 244 g/mol. The predicted molar refractivity (Wildman–Crippen MR) is 73.3 cm³/mol. The molecule has 1 N–H and O–H groups in total. The maximum atomic E-state index is 12.1. The molecule has 0 spiro atoms. The largest absolute Gasteiger partial charge is 0.242 e. The monoisotopic (exact) mass is 262 g/mol. The topological polar surface area (TPSA) is 52.9 Å². The molecule has 0 bridgehead atoms. The summed E-state index contributed by atoms with van der Waals surface area (Å²) in [5, 5.41) is 9.07. The summed E-state index contributed by atoms with van der Waals surface area (Å²) >= 11 is 0. The molecule has 0 saturated carbocycles. The van der Waals surface area contributed by atoms with Crippen LogP contribution in [-0.2, 0) is 17.4 Å². The average molecular weight is 262 g/mol. The average Bonchev–Trinajstić information content (AvgIpc) is 2.71. The summed E-state index contributed by atoms with van der Waals surface area (Å²) < 4.78 is 15.0. The van der Waals surface area contributed by atoms with Gasteiger partial charge in [-0.1, -0.05) is 12.1 Å². The Kier molecular flexibility index (Phi) is 3.56. The van der Waals surface area contributed by atoms with E-state index < -0.39 is 11.0 Å². The third kappa shape index (κ3) is 2.47. The Morgan fingerprint density at radius 3 is 2.78 bits per heavy atom. The Morgan fingerprint density at radius 1 is 1.44 bits per heavy atom. The van der Waals surface area contributed by atoms with Gasteiger partial charge < -0.3 is 0 Å². The molecule has 0 aromatic heterocycles. The van der Waals surface area contributed by atoms with Crippen LogP contribution >= 0.6 is 0 Å². The van der Waals surface area contributed by atoms with Gasteiger partial charge in [0.1, 0.15) is 0 Å². The summed E-state index contributed by atoms with van der Waals surface area (Å²) in [7, 11) is -1.08. The third-order valence-corrected chi connectivity index (χ3v) is 4.81. The Balaban J connectivity index is 2.23. The van der Waals surface area contributed by atoms with Gasteiger partial charge >= 0.3 is 0 Å². The number of hydrogen-bond acceptors (Lipinski definition) is 2. The Hall–Kier alpha value is -1.18. The fourth-order valence-corrected chi connectivity index (χ4v) is 3.04. The molecule has 0 fully saturated rings. The SMILES string of the molecule is CC(C)(C)S(=O)N[C@H]1CCc2c(C#N)cccc21. The molecule has 0 saturated heterocycles. The van der Waals surface area contributed by atoms with E-state index in [1.54, 1.807) is 0 Å². The number of nitrogens with zero attached hydrogens (tertiary/aromatic N) is 1. The minimum atomic E-state index is -1.08. The smallest absolute Gasteiger partial charge is 0.0994 e. The van der Waals surface area contributed by atoms with Crippen molar-refractivity contribution in [1.82, 2.24) is 4.72 Å². The van der Waals surface area contributed by atoms with Crippen molar-refractivity contribution in [3.63, 3.8) is 0 Å². The molecule has 1 aliphatic carbocycles. The van der Waals surface area contributed by atoms with E-state index in [0.29, 0.717) is 0 Å². The van der Waals surface area contributed by atoms with Crippen LogP contribution in [0.25, 0.3) is 0 Å². The van der Waals surface area contributed by atoms with Crippen molar-refractivity contribution in [1.29, 1.82) is 5.26 Å². The second-order valence-electron chi connectivity index (χ2n) is 5.58. The zero-order valence-corrected chi connectivity index (χ0v) is 11.8. The van der Waals surface area contributed by atoms with Gasteiger partial charge in [0, 0.05) is 6.04 Å². The number of hydrogen-bond donors (Lipinski definition) is 1. The maximum Gasteiger partial charge on any atom is 0.0994 e. The maximum absolute atomic E-state index is 12.1. The van der Waals surface area contributed by atoms with Crippen LogP contribution in [0.4, 0.5) is 0 Å². The first-order valence-corrected chi connectivity index (χ1v) is 7.28. The number of nitrogens with one attached hydrogen (secondary N) is 1. The van der Waals surface area contributed by atoms with E-state index in [1.807, 2.05) is 39.0 Å². The Morgan fingerprint density at radius 2 is 2.17 bits per heavy atom. The summed E-state index contributed by atoms with van der Waals surface area (Å²) in [6.45, 7) is 5.87. The fraction of sp³-hybridized carbons (Fsp3) is 0.500. The minimum Gasteiger partial charge on any atom is -0.242 e. The number of benzene rings is 1. The Bertz CT molecular complexity index is 526. The fourth-order valence-electron chi connectivity index (χ4n) is 2.19. The van der Waals surface area contributed by atoms with E-state index in [9.17, 15) is 4.21 Å². The van der Waals surface area contributed by atoms with Crippen LogP contribution in [0.3, 0.4) is 0 Å². The van der Waals surface area contributed by atoms with Gasteiger partial charge in [-0.25, -0.2) is 8.93 Å². The second kappa shape index (κ2) is 4.83. The van der Waals surface area contributed by atoms with Gasteiger partial charge in [-0.05, 0) is 50.8 Å². The molecule has 96 valence electrons. The summed E-state index contributed by atoms with van der Waals surface area (Å²) in [6, 6.07) is 8.11. The van der Waals surface area contributed by atoms with Crippen molar-refractivity contribution in [2.75, 3.05) is 0 Å². The van der Waals surface area contributed by atoms with Crippen LogP contribution in [0.5, 0.6) is 0 Å². The lowest BCUT2D eigenvalue weighted by atomic mass is 10.0. The van der Waals surface area contributed by atoms with Crippen LogP contribution in [0.15, 0.2) is 18.2 Å². The van der Waals surface area contributed by atoms with E-state index in [1.165, 1.54) is 0 Å². The molecular formula is C14H18N2OS. The van der Waals surface area contributed by atoms with Crippen LogP contribution in [0, 0.1) is 11.3 Å². The molecule has 0 amide bonds. The highest BCUT2D eigenvalue weighted by Crippen LogP contribution is 2.33. The van der Waals surface area contributed by atoms with E-state index in [0.717, 1.165) is 29.5 Å². The van der Waals surface area contributed by atoms with Gasteiger partial charge in [-0.3, -0.25) is 0 Å². The van der Waals surface area contributed by atoms with Gasteiger partial charge in [0.15, 0.2) is 0 Å². The highest BCUT2D eigenvalue weighted by molar-refractivity contribution is 7.84. The van der Waals surface area contributed by atoms with Crippen molar-refractivity contribution in [3.05, 3.63) is 34.9 Å². The third-order valence-electron chi connectivity index (χ3n) is 3.20. The molecule has 3 nitrogen and oxygen atoms in total. The van der Waals surface area contributed by atoms with E-state index in [4.69, 9.17) is 5.26 Å². The first kappa shape index (κ1) is 13.3. The Labute approximate surface area is 111 Å². The van der Waals surface area contributed by atoms with Crippen LogP contribution in [0.2, 0.25) is 0 Å². The van der Waals surface area contributed by atoms with Crippen molar-refractivity contribution >= 4 is 11.0 Å². The normalized spacial score (nSPS) is 20.2. The van der Waals surface area contributed by atoms with Crippen LogP contribution in [0.1, 0.15) is 49.9 Å². The summed E-state index contributed by atoms with van der Waals surface area (Å²) in [5.41, 5.74) is 2.99. The molecule has 1 unspecified atom stereocenters. The van der Waals surface area contributed by atoms with Crippen molar-refractivity contribution in [2.24, 2.45) is 0 Å². The van der Waals surface area contributed by atoms with Crippen molar-refractivity contribution in [2.45, 2.75) is 44.4 Å².